The number of likely N-dealkylation sites (N-methyl/N-ethyl adjacent to an activating group) is 1. The summed E-state index contributed by atoms with van der Waals surface area (Å²) in [5, 5.41) is 0.796. The van der Waals surface area contributed by atoms with Crippen LogP contribution in [-0.4, -0.2) is 40.4 Å². The van der Waals surface area contributed by atoms with Crippen LogP contribution in [0.15, 0.2) is 24.5 Å². The van der Waals surface area contributed by atoms with Crippen molar-refractivity contribution in [3.8, 4) is 0 Å². The van der Waals surface area contributed by atoms with Crippen LogP contribution in [0.1, 0.15) is 10.4 Å². The van der Waals surface area contributed by atoms with Crippen molar-refractivity contribution < 1.29 is 4.79 Å². The molecule has 2 aromatic rings. The van der Waals surface area contributed by atoms with Gasteiger partial charge in [0.1, 0.15) is 0 Å². The number of carbonyl (C=O) groups is 1. The van der Waals surface area contributed by atoms with Gasteiger partial charge in [0.05, 0.1) is 6.54 Å². The van der Waals surface area contributed by atoms with Crippen LogP contribution < -0.4 is 0 Å². The Hall–Kier alpha value is -1.39. The van der Waals surface area contributed by atoms with Gasteiger partial charge >= 0.3 is 0 Å². The van der Waals surface area contributed by atoms with Gasteiger partial charge in [-0.3, -0.25) is 4.79 Å². The van der Waals surface area contributed by atoms with Crippen LogP contribution in [0, 0.1) is 0 Å². The highest BCUT2D eigenvalue weighted by Gasteiger charge is 2.15. The molecule has 2 aromatic heterocycles. The predicted octanol–water partition coefficient (Wildman–Crippen LogP) is 1.78. The Kier molecular flexibility index (Phi) is 2.94. The van der Waals surface area contributed by atoms with Crippen molar-refractivity contribution in [1.82, 2.24) is 14.0 Å². The quantitative estimate of drug-likeness (QED) is 0.764. The van der Waals surface area contributed by atoms with Crippen LogP contribution in [0.4, 0.5) is 0 Å². The second kappa shape index (κ2) is 4.23. The summed E-state index contributed by atoms with van der Waals surface area (Å²) in [7, 11) is 3.71. The molecule has 0 N–H and O–H groups in total. The molecule has 0 saturated carbocycles. The number of carbonyl (C=O) groups excluding carboxylic acids is 1. The molecule has 0 aromatic carbocycles. The number of halogens is 1. The molecule has 0 saturated heterocycles. The lowest BCUT2D eigenvalue weighted by molar-refractivity contribution is 0.0959. The van der Waals surface area contributed by atoms with E-state index in [0.717, 1.165) is 5.39 Å². The van der Waals surface area contributed by atoms with Crippen molar-refractivity contribution in [2.45, 2.75) is 0 Å². The average molecular weight is 238 g/mol. The Labute approximate surface area is 98.5 Å². The molecule has 0 radical (unpaired) electrons. The lowest BCUT2D eigenvalue weighted by atomic mass is 10.1. The third kappa shape index (κ3) is 1.94. The largest absolute Gasteiger partial charge is 0.302 e. The lowest BCUT2D eigenvalue weighted by Gasteiger charge is -2.06. The Balaban J connectivity index is 2.49. The molecule has 0 aliphatic heterocycles. The van der Waals surface area contributed by atoms with E-state index in [1.807, 2.05) is 25.1 Å². The molecule has 16 heavy (non-hydrogen) atoms. The minimum Gasteiger partial charge on any atom is -0.302 e. The zero-order valence-electron chi connectivity index (χ0n) is 9.14. The Morgan fingerprint density at radius 2 is 2.31 bits per heavy atom. The number of fused-ring (bicyclic) bond motifs is 1. The molecule has 5 heteroatoms. The van der Waals surface area contributed by atoms with E-state index in [1.165, 1.54) is 4.09 Å². The van der Waals surface area contributed by atoms with Crippen molar-refractivity contribution in [2.75, 3.05) is 20.6 Å². The average Bonchev–Trinajstić information content (AvgIpc) is 2.56. The first-order chi connectivity index (χ1) is 7.59. The summed E-state index contributed by atoms with van der Waals surface area (Å²) in [5.41, 5.74) is 1.23. The fourth-order valence-corrected chi connectivity index (χ4v) is 1.85. The monoisotopic (exact) mass is 237 g/mol. The third-order valence-corrected chi connectivity index (χ3v) is 2.54. The molecule has 0 bridgehead atoms. The maximum Gasteiger partial charge on any atom is 0.179 e. The summed E-state index contributed by atoms with van der Waals surface area (Å²) in [6.45, 7) is 0.366. The van der Waals surface area contributed by atoms with Crippen LogP contribution >= 0.6 is 11.8 Å². The van der Waals surface area contributed by atoms with E-state index >= 15 is 0 Å². The Morgan fingerprint density at radius 1 is 1.56 bits per heavy atom. The summed E-state index contributed by atoms with van der Waals surface area (Å²) in [6.07, 6.45) is 3.27. The second-order valence-electron chi connectivity index (χ2n) is 3.89. The maximum absolute atomic E-state index is 11.9. The van der Waals surface area contributed by atoms with Gasteiger partial charge in [-0.05, 0) is 26.2 Å². The van der Waals surface area contributed by atoms with Crippen LogP contribution in [0.2, 0.25) is 0 Å². The summed E-state index contributed by atoms with van der Waals surface area (Å²) in [6, 6.07) is 3.65. The molecular weight excluding hydrogens is 226 g/mol. The molecule has 0 aliphatic rings. The van der Waals surface area contributed by atoms with Crippen molar-refractivity contribution in [3.05, 3.63) is 30.1 Å². The summed E-state index contributed by atoms with van der Waals surface area (Å²) >= 11 is 5.95. The molecule has 0 atom stereocenters. The molecule has 4 nitrogen and oxygen atoms in total. The minimum absolute atomic E-state index is 0.0439. The summed E-state index contributed by atoms with van der Waals surface area (Å²) in [5.74, 6) is 0.0439. The molecule has 0 amide bonds. The lowest BCUT2D eigenvalue weighted by Crippen LogP contribution is -2.21. The molecule has 0 aliphatic carbocycles. The van der Waals surface area contributed by atoms with Crippen molar-refractivity contribution in [3.63, 3.8) is 0 Å². The zero-order valence-corrected chi connectivity index (χ0v) is 9.90. The van der Waals surface area contributed by atoms with Gasteiger partial charge in [-0.2, -0.15) is 0 Å². The summed E-state index contributed by atoms with van der Waals surface area (Å²) in [4.78, 5) is 17.9. The van der Waals surface area contributed by atoms with E-state index < -0.39 is 0 Å². The molecule has 0 unspecified atom stereocenters. The van der Waals surface area contributed by atoms with E-state index in [2.05, 4.69) is 4.98 Å². The van der Waals surface area contributed by atoms with Gasteiger partial charge in [0, 0.05) is 35.1 Å². The van der Waals surface area contributed by atoms with E-state index in [4.69, 9.17) is 11.8 Å². The number of nitrogens with zero attached hydrogens (tertiary/aromatic N) is 3. The smallest absolute Gasteiger partial charge is 0.179 e. The van der Waals surface area contributed by atoms with Crippen molar-refractivity contribution in [2.24, 2.45) is 0 Å². The number of hydrogen-bond donors (Lipinski definition) is 0. The first-order valence-corrected chi connectivity index (χ1v) is 5.23. The predicted molar refractivity (Wildman–Crippen MR) is 63.9 cm³/mol. The van der Waals surface area contributed by atoms with Gasteiger partial charge in [-0.25, -0.2) is 9.07 Å². The number of pyridine rings is 1. The minimum atomic E-state index is 0.0439. The van der Waals surface area contributed by atoms with Gasteiger partial charge in [0.15, 0.2) is 11.4 Å². The van der Waals surface area contributed by atoms with Gasteiger partial charge in [0.25, 0.3) is 0 Å². The molecule has 0 spiro atoms. The summed E-state index contributed by atoms with van der Waals surface area (Å²) < 4.78 is 1.36. The van der Waals surface area contributed by atoms with E-state index in [1.54, 1.807) is 18.5 Å². The SMILES string of the molecule is CN(C)CC(=O)c1cn(Cl)c2ncccc12. The van der Waals surface area contributed by atoms with Crippen LogP contribution in [0.25, 0.3) is 11.0 Å². The number of rotatable bonds is 3. The fourth-order valence-electron chi connectivity index (χ4n) is 1.62. The fraction of sp³-hybridized carbons (Fsp3) is 0.273. The standard InChI is InChI=1S/C11H12ClN3O/c1-14(2)7-10(16)9-6-15(12)11-8(9)4-3-5-13-11/h3-6H,7H2,1-2H3. The molecule has 0 fully saturated rings. The zero-order chi connectivity index (χ0) is 11.7. The van der Waals surface area contributed by atoms with E-state index in [-0.39, 0.29) is 5.78 Å². The highest BCUT2D eigenvalue weighted by Crippen LogP contribution is 2.20. The third-order valence-electron chi connectivity index (χ3n) is 2.28. The second-order valence-corrected chi connectivity index (χ2v) is 4.25. The number of ketones is 1. The van der Waals surface area contributed by atoms with Crippen LogP contribution in [0.3, 0.4) is 0 Å². The molecule has 2 rings (SSSR count). The topological polar surface area (TPSA) is 38.1 Å². The number of Topliss-reactive ketones (excluding diaryl/α,β-unsaturated/α-hetero) is 1. The molecule has 2 heterocycles. The normalized spacial score (nSPS) is 11.2. The first kappa shape index (κ1) is 11.1. The molecular formula is C11H12ClN3O. The molecule has 84 valence electrons. The van der Waals surface area contributed by atoms with Gasteiger partial charge in [-0.15, -0.1) is 0 Å². The Morgan fingerprint density at radius 3 is 3.00 bits per heavy atom. The van der Waals surface area contributed by atoms with Crippen LogP contribution in [0.5, 0.6) is 0 Å². The maximum atomic E-state index is 11.9. The number of hydrogen-bond acceptors (Lipinski definition) is 3. The van der Waals surface area contributed by atoms with E-state index in [0.29, 0.717) is 17.8 Å². The van der Waals surface area contributed by atoms with Crippen molar-refractivity contribution in [1.29, 1.82) is 0 Å². The first-order valence-electron chi connectivity index (χ1n) is 4.89. The van der Waals surface area contributed by atoms with Crippen LogP contribution in [-0.2, 0) is 0 Å². The highest BCUT2D eigenvalue weighted by atomic mass is 35.5. The van der Waals surface area contributed by atoms with Gasteiger partial charge < -0.3 is 4.90 Å². The van der Waals surface area contributed by atoms with Crippen molar-refractivity contribution >= 4 is 28.6 Å². The van der Waals surface area contributed by atoms with E-state index in [9.17, 15) is 4.79 Å². The highest BCUT2D eigenvalue weighted by molar-refractivity contribution is 6.21. The van der Waals surface area contributed by atoms with Gasteiger partial charge in [-0.1, -0.05) is 0 Å². The Bertz CT molecular complexity index is 533. The van der Waals surface area contributed by atoms with Gasteiger partial charge in [0.2, 0.25) is 0 Å². The number of aromatic nitrogens is 2.